The van der Waals surface area contributed by atoms with E-state index in [2.05, 4.69) is 21.4 Å². The fourth-order valence-electron chi connectivity index (χ4n) is 3.51. The van der Waals surface area contributed by atoms with Gasteiger partial charge in [0.05, 0.1) is 31.3 Å². The average molecular weight is 426 g/mol. The van der Waals surface area contributed by atoms with Crippen LogP contribution in [-0.4, -0.2) is 48.7 Å². The molecule has 8 nitrogen and oxygen atoms in total. The molecule has 1 aromatic carbocycles. The van der Waals surface area contributed by atoms with E-state index in [0.29, 0.717) is 32.0 Å². The summed E-state index contributed by atoms with van der Waals surface area (Å²) >= 11 is 0. The van der Waals surface area contributed by atoms with Crippen molar-refractivity contribution >= 4 is 17.7 Å². The number of halogens is 1. The minimum absolute atomic E-state index is 0.0739. The van der Waals surface area contributed by atoms with E-state index in [1.165, 1.54) is 13.1 Å². The van der Waals surface area contributed by atoms with E-state index in [-0.39, 0.29) is 23.9 Å². The Hall–Kier alpha value is -3.41. The molecule has 0 unspecified atom stereocenters. The van der Waals surface area contributed by atoms with Crippen LogP contribution in [0.5, 0.6) is 5.75 Å². The maximum absolute atomic E-state index is 14.4. The molecule has 1 N–H and O–H groups in total. The zero-order valence-corrected chi connectivity index (χ0v) is 18.0. The number of rotatable bonds is 8. The van der Waals surface area contributed by atoms with Crippen LogP contribution in [0.3, 0.4) is 0 Å². The van der Waals surface area contributed by atoms with Gasteiger partial charge in [0.2, 0.25) is 11.9 Å². The summed E-state index contributed by atoms with van der Waals surface area (Å²) in [6.07, 6.45) is 2.17. The van der Waals surface area contributed by atoms with Crippen molar-refractivity contribution in [2.75, 3.05) is 36.5 Å². The number of nitriles is 1. The summed E-state index contributed by atoms with van der Waals surface area (Å²) < 4.78 is 20.5. The minimum Gasteiger partial charge on any atom is -0.489 e. The first-order chi connectivity index (χ1) is 14.9. The van der Waals surface area contributed by atoms with Gasteiger partial charge in [-0.1, -0.05) is 12.1 Å². The molecule has 2 heterocycles. The fraction of sp³-hybridized carbons (Fsp3) is 0.455. The summed E-state index contributed by atoms with van der Waals surface area (Å²) in [5.74, 6) is 0.814. The highest BCUT2D eigenvalue weighted by Gasteiger charge is 2.28. The van der Waals surface area contributed by atoms with Crippen molar-refractivity contribution in [1.29, 1.82) is 5.26 Å². The number of ether oxygens (including phenoxy) is 1. The third kappa shape index (κ3) is 5.81. The second-order valence-corrected chi connectivity index (χ2v) is 7.64. The van der Waals surface area contributed by atoms with Crippen LogP contribution in [0.15, 0.2) is 30.5 Å². The molecule has 1 saturated heterocycles. The predicted octanol–water partition coefficient (Wildman–Crippen LogP) is 2.82. The van der Waals surface area contributed by atoms with Crippen LogP contribution >= 0.6 is 0 Å². The van der Waals surface area contributed by atoms with Gasteiger partial charge in [-0.25, -0.2) is 9.37 Å². The lowest BCUT2D eigenvalue weighted by molar-refractivity contribution is -0.119. The quantitative estimate of drug-likeness (QED) is 0.694. The van der Waals surface area contributed by atoms with E-state index in [1.54, 1.807) is 11.9 Å². The van der Waals surface area contributed by atoms with Crippen LogP contribution < -0.4 is 19.9 Å². The standard InChI is InChI=1S/C22H27FN6O2/c1-15(26-16(2)30)17-5-7-18(8-6-17)31-19-9-12-29(14-19)21-20(23)13-25-22(27-21)28(3)11-4-10-24/h5-8,13,15,19H,4,9,11-12,14H2,1-3H3,(H,26,30)/t15-,19+/m0/s1. The topological polar surface area (TPSA) is 94.4 Å². The van der Waals surface area contributed by atoms with E-state index in [0.717, 1.165) is 17.7 Å². The van der Waals surface area contributed by atoms with Crippen molar-refractivity contribution in [2.45, 2.75) is 38.8 Å². The lowest BCUT2D eigenvalue weighted by Gasteiger charge is -2.21. The molecular weight excluding hydrogens is 399 g/mol. The molecule has 31 heavy (non-hydrogen) atoms. The summed E-state index contributed by atoms with van der Waals surface area (Å²) in [5, 5.41) is 11.6. The Morgan fingerprint density at radius 2 is 2.19 bits per heavy atom. The second-order valence-electron chi connectivity index (χ2n) is 7.64. The van der Waals surface area contributed by atoms with Crippen molar-refractivity contribution in [3.05, 3.63) is 41.8 Å². The summed E-state index contributed by atoms with van der Waals surface area (Å²) in [6.45, 7) is 5.03. The molecule has 1 fully saturated rings. The van der Waals surface area contributed by atoms with Gasteiger partial charge in [-0.2, -0.15) is 10.2 Å². The first kappa shape index (κ1) is 22.3. The average Bonchev–Trinajstić information content (AvgIpc) is 3.20. The van der Waals surface area contributed by atoms with E-state index >= 15 is 0 Å². The van der Waals surface area contributed by atoms with Gasteiger partial charge in [0.15, 0.2) is 11.6 Å². The zero-order valence-electron chi connectivity index (χ0n) is 18.0. The molecule has 2 atom stereocenters. The van der Waals surface area contributed by atoms with Gasteiger partial charge < -0.3 is 19.9 Å². The number of amides is 1. The second kappa shape index (κ2) is 10.1. The minimum atomic E-state index is -0.477. The van der Waals surface area contributed by atoms with Crippen molar-refractivity contribution < 1.29 is 13.9 Å². The smallest absolute Gasteiger partial charge is 0.227 e. The number of nitrogens with zero attached hydrogens (tertiary/aromatic N) is 5. The van der Waals surface area contributed by atoms with Gasteiger partial charge in [0.1, 0.15) is 11.9 Å². The Bertz CT molecular complexity index is 946. The van der Waals surface area contributed by atoms with Crippen LogP contribution in [0.25, 0.3) is 0 Å². The normalized spacial score (nSPS) is 16.5. The van der Waals surface area contributed by atoms with Crippen molar-refractivity contribution in [3.63, 3.8) is 0 Å². The number of carbonyl (C=O) groups is 1. The summed E-state index contributed by atoms with van der Waals surface area (Å²) in [6, 6.07) is 9.62. The third-order valence-corrected chi connectivity index (χ3v) is 5.16. The molecule has 2 aromatic rings. The van der Waals surface area contributed by atoms with E-state index in [9.17, 15) is 9.18 Å². The van der Waals surface area contributed by atoms with Crippen LogP contribution in [0.1, 0.15) is 38.3 Å². The summed E-state index contributed by atoms with van der Waals surface area (Å²) in [7, 11) is 1.78. The molecule has 1 aliphatic rings. The Morgan fingerprint density at radius 1 is 1.45 bits per heavy atom. The molecule has 164 valence electrons. The molecule has 9 heteroatoms. The van der Waals surface area contributed by atoms with Gasteiger partial charge in [-0.3, -0.25) is 4.79 Å². The molecule has 0 radical (unpaired) electrons. The highest BCUT2D eigenvalue weighted by Crippen LogP contribution is 2.26. The predicted molar refractivity (Wildman–Crippen MR) is 115 cm³/mol. The van der Waals surface area contributed by atoms with Gasteiger partial charge in [-0.15, -0.1) is 0 Å². The molecule has 1 aliphatic heterocycles. The lowest BCUT2D eigenvalue weighted by atomic mass is 10.1. The SMILES string of the molecule is CC(=O)N[C@@H](C)c1ccc(O[C@@H]2CCN(c3nc(N(C)CCC#N)ncc3F)C2)cc1. The molecule has 1 amide bonds. The van der Waals surface area contributed by atoms with E-state index < -0.39 is 5.82 Å². The molecule has 0 aliphatic carbocycles. The fourth-order valence-corrected chi connectivity index (χ4v) is 3.51. The number of carbonyl (C=O) groups excluding carboxylic acids is 1. The lowest BCUT2D eigenvalue weighted by Crippen LogP contribution is -2.28. The van der Waals surface area contributed by atoms with Crippen LogP contribution in [-0.2, 0) is 4.79 Å². The van der Waals surface area contributed by atoms with Crippen molar-refractivity contribution in [2.24, 2.45) is 0 Å². The van der Waals surface area contributed by atoms with Crippen molar-refractivity contribution in [1.82, 2.24) is 15.3 Å². The molecule has 3 rings (SSSR count). The highest BCUT2D eigenvalue weighted by molar-refractivity contribution is 5.73. The first-order valence-corrected chi connectivity index (χ1v) is 10.3. The van der Waals surface area contributed by atoms with Gasteiger partial charge >= 0.3 is 0 Å². The number of aromatic nitrogens is 2. The third-order valence-electron chi connectivity index (χ3n) is 5.16. The zero-order chi connectivity index (χ0) is 22.4. The van der Waals surface area contributed by atoms with Gasteiger partial charge in [0.25, 0.3) is 0 Å². The summed E-state index contributed by atoms with van der Waals surface area (Å²) in [5.41, 5.74) is 0.992. The molecule has 0 spiro atoms. The first-order valence-electron chi connectivity index (χ1n) is 10.3. The van der Waals surface area contributed by atoms with Crippen LogP contribution in [0.2, 0.25) is 0 Å². The Labute approximate surface area is 181 Å². The van der Waals surface area contributed by atoms with Crippen LogP contribution in [0, 0.1) is 17.1 Å². The largest absolute Gasteiger partial charge is 0.489 e. The van der Waals surface area contributed by atoms with Crippen molar-refractivity contribution in [3.8, 4) is 11.8 Å². The number of nitrogens with one attached hydrogen (secondary N) is 1. The van der Waals surface area contributed by atoms with E-state index in [1.807, 2.05) is 36.1 Å². The number of hydrogen-bond donors (Lipinski definition) is 1. The van der Waals surface area contributed by atoms with Gasteiger partial charge in [0, 0.05) is 33.5 Å². The summed E-state index contributed by atoms with van der Waals surface area (Å²) in [4.78, 5) is 23.2. The monoisotopic (exact) mass is 426 g/mol. The molecule has 0 saturated carbocycles. The molecule has 0 bridgehead atoms. The maximum atomic E-state index is 14.4. The number of benzene rings is 1. The maximum Gasteiger partial charge on any atom is 0.227 e. The van der Waals surface area contributed by atoms with E-state index in [4.69, 9.17) is 10.00 Å². The number of anilines is 2. The number of hydrogen-bond acceptors (Lipinski definition) is 7. The molecule has 1 aromatic heterocycles. The van der Waals surface area contributed by atoms with Crippen LogP contribution in [0.4, 0.5) is 16.2 Å². The Morgan fingerprint density at radius 3 is 2.87 bits per heavy atom. The highest BCUT2D eigenvalue weighted by atomic mass is 19.1. The Kier molecular flexibility index (Phi) is 7.23. The Balaban J connectivity index is 1.61. The molecular formula is C22H27FN6O2. The van der Waals surface area contributed by atoms with Gasteiger partial charge in [-0.05, 0) is 24.6 Å².